The molecule has 0 amide bonds. The zero-order valence-corrected chi connectivity index (χ0v) is 10.8. The van der Waals surface area contributed by atoms with Crippen LogP contribution >= 0.6 is 0 Å². The Bertz CT molecular complexity index is 630. The van der Waals surface area contributed by atoms with E-state index in [0.29, 0.717) is 6.54 Å². The molecule has 2 aromatic carbocycles. The molecule has 0 radical (unpaired) electrons. The number of aliphatic hydroxyl groups is 1. The summed E-state index contributed by atoms with van der Waals surface area (Å²) in [5, 5.41) is 13.6. The highest BCUT2D eigenvalue weighted by molar-refractivity contribution is 5.35. The zero-order valence-electron chi connectivity index (χ0n) is 10.8. The Morgan fingerprint density at radius 2 is 1.90 bits per heavy atom. The Morgan fingerprint density at radius 1 is 1.10 bits per heavy atom. The Morgan fingerprint density at radius 3 is 2.75 bits per heavy atom. The number of aliphatic hydroxyl groups excluding tert-OH is 1. The largest absolute Gasteiger partial charge is 0.386 e. The normalized spacial score (nSPS) is 19.4. The Labute approximate surface area is 116 Å². The van der Waals surface area contributed by atoms with Crippen LogP contribution in [0, 0.1) is 11.6 Å². The van der Waals surface area contributed by atoms with Crippen molar-refractivity contribution >= 4 is 0 Å². The zero-order chi connectivity index (χ0) is 14.1. The quantitative estimate of drug-likeness (QED) is 0.883. The highest BCUT2D eigenvalue weighted by atomic mass is 19.2. The van der Waals surface area contributed by atoms with Crippen molar-refractivity contribution in [2.24, 2.45) is 0 Å². The number of fused-ring (bicyclic) bond motifs is 1. The van der Waals surface area contributed by atoms with Crippen LogP contribution in [0.25, 0.3) is 0 Å². The molecule has 2 aromatic rings. The van der Waals surface area contributed by atoms with Gasteiger partial charge in [-0.05, 0) is 30.2 Å². The fraction of sp³-hybridized carbons (Fsp3) is 0.250. The van der Waals surface area contributed by atoms with Crippen LogP contribution in [0.5, 0.6) is 0 Å². The summed E-state index contributed by atoms with van der Waals surface area (Å²) in [7, 11) is 0. The fourth-order valence-corrected chi connectivity index (χ4v) is 2.75. The van der Waals surface area contributed by atoms with Crippen molar-refractivity contribution in [3.05, 3.63) is 70.8 Å². The predicted octanol–water partition coefficient (Wildman–Crippen LogP) is 2.89. The van der Waals surface area contributed by atoms with Crippen molar-refractivity contribution in [1.29, 1.82) is 0 Å². The van der Waals surface area contributed by atoms with Gasteiger partial charge in [0.15, 0.2) is 11.6 Å². The van der Waals surface area contributed by atoms with Gasteiger partial charge in [-0.1, -0.05) is 36.4 Å². The highest BCUT2D eigenvalue weighted by Gasteiger charge is 2.29. The molecule has 0 bridgehead atoms. The maximum atomic E-state index is 13.8. The maximum absolute atomic E-state index is 13.8. The minimum Gasteiger partial charge on any atom is -0.386 e. The van der Waals surface area contributed by atoms with Crippen molar-refractivity contribution in [2.45, 2.75) is 18.6 Å². The SMILES string of the molecule is OC(c1cccc(F)c1F)C1NCCc2ccccc21. The van der Waals surface area contributed by atoms with Crippen LogP contribution in [-0.4, -0.2) is 11.7 Å². The smallest absolute Gasteiger partial charge is 0.164 e. The molecular formula is C16H15F2NO. The first-order valence-corrected chi connectivity index (χ1v) is 6.61. The van der Waals surface area contributed by atoms with Gasteiger partial charge in [-0.2, -0.15) is 0 Å². The lowest BCUT2D eigenvalue weighted by Gasteiger charge is -2.31. The van der Waals surface area contributed by atoms with E-state index >= 15 is 0 Å². The molecule has 0 aliphatic carbocycles. The van der Waals surface area contributed by atoms with Crippen LogP contribution in [0.1, 0.15) is 28.8 Å². The third kappa shape index (κ3) is 2.21. The summed E-state index contributed by atoms with van der Waals surface area (Å²) in [4.78, 5) is 0. The minimum absolute atomic E-state index is 0.0146. The van der Waals surface area contributed by atoms with E-state index in [1.165, 1.54) is 12.1 Å². The molecule has 0 aromatic heterocycles. The Kier molecular flexibility index (Phi) is 3.51. The standard InChI is InChI=1S/C16H15F2NO/c17-13-7-3-6-12(14(13)18)16(20)15-11-5-2-1-4-10(11)8-9-19-15/h1-7,15-16,19-20H,8-9H2. The van der Waals surface area contributed by atoms with Crippen molar-refractivity contribution in [3.63, 3.8) is 0 Å². The van der Waals surface area contributed by atoms with Gasteiger partial charge < -0.3 is 10.4 Å². The molecular weight excluding hydrogens is 260 g/mol. The molecule has 4 heteroatoms. The van der Waals surface area contributed by atoms with E-state index in [0.717, 1.165) is 23.6 Å². The lowest BCUT2D eigenvalue weighted by molar-refractivity contribution is 0.120. The van der Waals surface area contributed by atoms with Gasteiger partial charge in [-0.25, -0.2) is 8.78 Å². The number of rotatable bonds is 2. The third-order valence-electron chi connectivity index (χ3n) is 3.76. The second-order valence-corrected chi connectivity index (χ2v) is 4.97. The number of benzene rings is 2. The topological polar surface area (TPSA) is 32.3 Å². The van der Waals surface area contributed by atoms with Gasteiger partial charge >= 0.3 is 0 Å². The minimum atomic E-state index is -1.12. The fourth-order valence-electron chi connectivity index (χ4n) is 2.75. The van der Waals surface area contributed by atoms with Gasteiger partial charge in [0, 0.05) is 5.56 Å². The summed E-state index contributed by atoms with van der Waals surface area (Å²) in [6.45, 7) is 0.704. The summed E-state index contributed by atoms with van der Waals surface area (Å²) in [6, 6.07) is 11.2. The first kappa shape index (κ1) is 13.2. The van der Waals surface area contributed by atoms with Crippen LogP contribution in [0.2, 0.25) is 0 Å². The molecule has 0 fully saturated rings. The number of nitrogens with one attached hydrogen (secondary N) is 1. The maximum Gasteiger partial charge on any atom is 0.164 e. The van der Waals surface area contributed by atoms with Gasteiger partial charge in [0.05, 0.1) is 6.04 Å². The highest BCUT2D eigenvalue weighted by Crippen LogP contribution is 2.34. The summed E-state index contributed by atoms with van der Waals surface area (Å²) < 4.78 is 27.1. The van der Waals surface area contributed by atoms with E-state index in [1.54, 1.807) is 0 Å². The monoisotopic (exact) mass is 275 g/mol. The van der Waals surface area contributed by atoms with Gasteiger partial charge in [0.25, 0.3) is 0 Å². The van der Waals surface area contributed by atoms with E-state index in [4.69, 9.17) is 0 Å². The first-order valence-electron chi connectivity index (χ1n) is 6.61. The van der Waals surface area contributed by atoms with Crippen molar-refractivity contribution in [1.82, 2.24) is 5.32 Å². The second kappa shape index (κ2) is 5.31. The first-order chi connectivity index (χ1) is 9.68. The molecule has 1 aliphatic heterocycles. The van der Waals surface area contributed by atoms with Gasteiger partial charge in [0.2, 0.25) is 0 Å². The molecule has 2 N–H and O–H groups in total. The van der Waals surface area contributed by atoms with Gasteiger partial charge in [-0.15, -0.1) is 0 Å². The van der Waals surface area contributed by atoms with Crippen molar-refractivity contribution in [3.8, 4) is 0 Å². The molecule has 104 valence electrons. The third-order valence-corrected chi connectivity index (χ3v) is 3.76. The Hall–Kier alpha value is -1.78. The summed E-state index contributed by atoms with van der Waals surface area (Å²) >= 11 is 0. The molecule has 1 aliphatic rings. The average Bonchev–Trinajstić information content (AvgIpc) is 2.49. The second-order valence-electron chi connectivity index (χ2n) is 4.97. The number of halogens is 2. The van der Waals surface area contributed by atoms with Gasteiger partial charge in [-0.3, -0.25) is 0 Å². The molecule has 2 atom stereocenters. The molecule has 2 unspecified atom stereocenters. The van der Waals surface area contributed by atoms with E-state index in [2.05, 4.69) is 5.32 Å². The van der Waals surface area contributed by atoms with Crippen molar-refractivity contribution in [2.75, 3.05) is 6.54 Å². The molecule has 3 rings (SSSR count). The molecule has 20 heavy (non-hydrogen) atoms. The molecule has 0 spiro atoms. The Balaban J connectivity index is 2.00. The van der Waals surface area contributed by atoms with Crippen LogP contribution in [0.4, 0.5) is 8.78 Å². The lowest BCUT2D eigenvalue weighted by Crippen LogP contribution is -2.34. The average molecular weight is 275 g/mol. The van der Waals surface area contributed by atoms with E-state index in [-0.39, 0.29) is 5.56 Å². The van der Waals surface area contributed by atoms with Crippen LogP contribution in [0.3, 0.4) is 0 Å². The predicted molar refractivity (Wildman–Crippen MR) is 72.2 cm³/mol. The van der Waals surface area contributed by atoms with Gasteiger partial charge in [0.1, 0.15) is 6.10 Å². The van der Waals surface area contributed by atoms with Crippen LogP contribution < -0.4 is 5.32 Å². The summed E-state index contributed by atoms with van der Waals surface area (Å²) in [5.41, 5.74) is 2.06. The number of hydrogen-bond acceptors (Lipinski definition) is 2. The molecule has 0 saturated carbocycles. The van der Waals surface area contributed by atoms with Crippen molar-refractivity contribution < 1.29 is 13.9 Å². The van der Waals surface area contributed by atoms with E-state index in [1.807, 2.05) is 24.3 Å². The lowest BCUT2D eigenvalue weighted by atomic mass is 9.88. The molecule has 2 nitrogen and oxygen atoms in total. The number of hydrogen-bond donors (Lipinski definition) is 2. The van der Waals surface area contributed by atoms with Crippen LogP contribution in [0.15, 0.2) is 42.5 Å². The summed E-state index contributed by atoms with van der Waals surface area (Å²) in [5.74, 6) is -1.92. The molecule has 0 saturated heterocycles. The summed E-state index contributed by atoms with van der Waals surface area (Å²) in [6.07, 6.45) is -0.252. The van der Waals surface area contributed by atoms with Crippen LogP contribution in [-0.2, 0) is 6.42 Å². The van der Waals surface area contributed by atoms with E-state index in [9.17, 15) is 13.9 Å². The molecule has 1 heterocycles. The van der Waals surface area contributed by atoms with E-state index < -0.39 is 23.8 Å².